The Morgan fingerprint density at radius 2 is 1.74 bits per heavy atom. The standard InChI is InChI=1S/C42H56N6O9S/c1-27-37(49)46-42(40(51)47-58(53,54)31-19-20-31)23-22-29(42)14-8-4-3-5-9-16-34-39(50)48(27)24-25-56-38-33(43-32-21-18-30(55-2)26-35(32)44-38)15-10-6-7-12-28-13-11-17-36(28)57-41(52)45-34/h8,14,18,21-23,26-29,31,34,36H,3-7,9-13,15-17,19-20,24-25H2,1-2H3,(H,45,52)(H,46,49)(H,47,51). The van der Waals surface area contributed by atoms with Crippen LogP contribution in [0.2, 0.25) is 0 Å². The smallest absolute Gasteiger partial charge is 0.408 e. The summed E-state index contributed by atoms with van der Waals surface area (Å²) in [6.07, 6.45) is 17.1. The van der Waals surface area contributed by atoms with E-state index in [1.165, 1.54) is 11.0 Å². The number of aromatic nitrogens is 2. The first kappa shape index (κ1) is 41.4. The van der Waals surface area contributed by atoms with Gasteiger partial charge in [0.1, 0.15) is 41.8 Å². The Morgan fingerprint density at radius 1 is 0.948 bits per heavy atom. The van der Waals surface area contributed by atoms with Crippen LogP contribution in [0.25, 0.3) is 11.0 Å². The number of hydrogen-bond donors (Lipinski definition) is 3. The summed E-state index contributed by atoms with van der Waals surface area (Å²) in [5.41, 5.74) is 0.265. The van der Waals surface area contributed by atoms with Crippen molar-refractivity contribution in [1.82, 2.24) is 30.2 Å². The van der Waals surface area contributed by atoms with Crippen molar-refractivity contribution in [2.75, 3.05) is 20.3 Å². The van der Waals surface area contributed by atoms with Gasteiger partial charge in [-0.2, -0.15) is 0 Å². The van der Waals surface area contributed by atoms with Crippen LogP contribution in [-0.4, -0.2) is 96.3 Å². The molecule has 5 aliphatic rings. The fraction of sp³-hybridized carbons (Fsp3) is 0.619. The van der Waals surface area contributed by atoms with Crippen LogP contribution in [0.5, 0.6) is 11.6 Å². The number of methoxy groups -OCH3 is 1. The fourth-order valence-electron chi connectivity index (χ4n) is 8.51. The maximum absolute atomic E-state index is 14.7. The zero-order valence-electron chi connectivity index (χ0n) is 33.5. The lowest BCUT2D eigenvalue weighted by Gasteiger charge is -2.42. The molecular weight excluding hydrogens is 765 g/mol. The van der Waals surface area contributed by atoms with E-state index in [0.29, 0.717) is 66.9 Å². The number of alkyl carbamates (subject to hydrolysis) is 1. The van der Waals surface area contributed by atoms with Crippen LogP contribution in [0, 0.1) is 11.8 Å². The van der Waals surface area contributed by atoms with E-state index in [-0.39, 0.29) is 25.2 Å². The monoisotopic (exact) mass is 820 g/mol. The molecule has 1 aromatic heterocycles. The third-order valence-corrected chi connectivity index (χ3v) is 14.1. The van der Waals surface area contributed by atoms with E-state index in [9.17, 15) is 27.6 Å². The quantitative estimate of drug-likeness (QED) is 0.359. The topological polar surface area (TPSA) is 195 Å². The molecule has 2 fully saturated rings. The second kappa shape index (κ2) is 18.0. The zero-order chi connectivity index (χ0) is 40.9. The highest BCUT2D eigenvalue weighted by Crippen LogP contribution is 2.36. The average Bonchev–Trinajstić information content (AvgIpc) is 3.98. The second-order valence-electron chi connectivity index (χ2n) is 16.3. The van der Waals surface area contributed by atoms with E-state index in [1.807, 2.05) is 24.3 Å². The maximum Gasteiger partial charge on any atom is 0.408 e. The van der Waals surface area contributed by atoms with Crippen molar-refractivity contribution in [3.63, 3.8) is 0 Å². The van der Waals surface area contributed by atoms with Crippen molar-refractivity contribution in [2.45, 2.75) is 132 Å². The van der Waals surface area contributed by atoms with Crippen molar-refractivity contribution < 1.29 is 41.8 Å². The summed E-state index contributed by atoms with van der Waals surface area (Å²) in [6, 6.07) is 3.28. The van der Waals surface area contributed by atoms with Gasteiger partial charge >= 0.3 is 6.09 Å². The Bertz CT molecular complexity index is 2040. The number of carbonyl (C=O) groups is 4. The number of aryl methyl sites for hydroxylation is 1. The van der Waals surface area contributed by atoms with E-state index >= 15 is 0 Å². The van der Waals surface area contributed by atoms with Gasteiger partial charge in [0, 0.05) is 12.0 Å². The number of nitrogens with one attached hydrogen (secondary N) is 3. The first-order chi connectivity index (χ1) is 28.0. The third-order valence-electron chi connectivity index (χ3n) is 12.2. The molecule has 0 spiro atoms. The fourth-order valence-corrected chi connectivity index (χ4v) is 9.86. The van der Waals surface area contributed by atoms with Crippen molar-refractivity contribution >= 4 is 44.9 Å². The predicted octanol–water partition coefficient (Wildman–Crippen LogP) is 4.78. The average molecular weight is 821 g/mol. The predicted molar refractivity (Wildman–Crippen MR) is 215 cm³/mol. The molecule has 4 amide bonds. The minimum absolute atomic E-state index is 0.0715. The van der Waals surface area contributed by atoms with Gasteiger partial charge in [0.2, 0.25) is 27.7 Å². The molecule has 0 radical (unpaired) electrons. The summed E-state index contributed by atoms with van der Waals surface area (Å²) in [6.45, 7) is 1.39. The van der Waals surface area contributed by atoms with E-state index in [2.05, 4.69) is 15.4 Å². The van der Waals surface area contributed by atoms with Gasteiger partial charge in [-0.15, -0.1) is 0 Å². The van der Waals surface area contributed by atoms with Gasteiger partial charge in [-0.05, 0) is 95.6 Å². The normalized spacial score (nSPS) is 29.2. The maximum atomic E-state index is 14.7. The minimum atomic E-state index is -3.93. The van der Waals surface area contributed by atoms with Gasteiger partial charge in [-0.3, -0.25) is 19.1 Å². The number of sulfonamides is 1. The van der Waals surface area contributed by atoms with Crippen LogP contribution in [0.4, 0.5) is 4.79 Å². The number of nitrogens with zero attached hydrogens (tertiary/aromatic N) is 3. The van der Waals surface area contributed by atoms with Crippen molar-refractivity contribution in [1.29, 1.82) is 0 Å². The van der Waals surface area contributed by atoms with Gasteiger partial charge in [0.15, 0.2) is 0 Å². The molecule has 58 heavy (non-hydrogen) atoms. The molecule has 2 aliphatic heterocycles. The number of amides is 4. The minimum Gasteiger partial charge on any atom is -0.497 e. The van der Waals surface area contributed by atoms with Crippen LogP contribution in [0.3, 0.4) is 0 Å². The Labute approximate surface area is 340 Å². The van der Waals surface area contributed by atoms with Gasteiger partial charge < -0.3 is 29.7 Å². The lowest BCUT2D eigenvalue weighted by Crippen LogP contribution is -2.68. The van der Waals surface area contributed by atoms with Crippen molar-refractivity contribution in [3.8, 4) is 11.6 Å². The number of fused-ring (bicyclic) bond motifs is 6. The zero-order valence-corrected chi connectivity index (χ0v) is 34.3. The number of ether oxygens (including phenoxy) is 3. The molecule has 0 saturated heterocycles. The Kier molecular flexibility index (Phi) is 12.9. The Hall–Kier alpha value is -4.73. The molecule has 314 valence electrons. The number of hydrogen-bond acceptors (Lipinski definition) is 11. The molecule has 3 aliphatic carbocycles. The van der Waals surface area contributed by atoms with Crippen LogP contribution < -0.4 is 24.8 Å². The SMILES string of the molecule is COc1ccc2nc3c(nc2c1)OCCN1C(=O)C(CCCCCC=CC2C=CC2(C(=O)NS(=O)(=O)C2CC2)NC(=O)C1C)NC(=O)OC1CCCC1CCCCC3. The van der Waals surface area contributed by atoms with Gasteiger partial charge in [-0.25, -0.2) is 23.2 Å². The molecule has 2 aromatic rings. The molecule has 2 saturated carbocycles. The number of allylic oxidation sites excluding steroid dienone is 1. The van der Waals surface area contributed by atoms with E-state index in [0.717, 1.165) is 57.8 Å². The molecule has 7 rings (SSSR count). The first-order valence-electron chi connectivity index (χ1n) is 21.0. The molecule has 3 heterocycles. The van der Waals surface area contributed by atoms with Crippen LogP contribution >= 0.6 is 0 Å². The van der Waals surface area contributed by atoms with Crippen molar-refractivity contribution in [3.05, 3.63) is 48.2 Å². The highest BCUT2D eigenvalue weighted by atomic mass is 32.2. The van der Waals surface area contributed by atoms with E-state index in [1.54, 1.807) is 26.2 Å². The third kappa shape index (κ3) is 9.42. The first-order valence-corrected chi connectivity index (χ1v) is 22.5. The molecule has 1 aromatic carbocycles. The largest absolute Gasteiger partial charge is 0.497 e. The number of rotatable bonds is 4. The molecule has 6 unspecified atom stereocenters. The van der Waals surface area contributed by atoms with Crippen LogP contribution in [-0.2, 0) is 35.6 Å². The van der Waals surface area contributed by atoms with Crippen LogP contribution in [0.15, 0.2) is 42.5 Å². The summed E-state index contributed by atoms with van der Waals surface area (Å²) >= 11 is 0. The Balaban J connectivity index is 1.21. The summed E-state index contributed by atoms with van der Waals surface area (Å²) < 4.78 is 45.8. The number of carbonyl (C=O) groups excluding carboxylic acids is 4. The van der Waals surface area contributed by atoms with E-state index in [4.69, 9.17) is 24.2 Å². The van der Waals surface area contributed by atoms with Gasteiger partial charge in [-0.1, -0.05) is 50.0 Å². The molecular formula is C42H56N6O9S. The highest BCUT2D eigenvalue weighted by molar-refractivity contribution is 7.91. The Morgan fingerprint density at radius 3 is 2.52 bits per heavy atom. The van der Waals surface area contributed by atoms with Gasteiger partial charge in [0.05, 0.1) is 29.9 Å². The molecule has 2 bridgehead atoms. The van der Waals surface area contributed by atoms with Crippen molar-refractivity contribution in [2.24, 2.45) is 11.8 Å². The highest BCUT2D eigenvalue weighted by Gasteiger charge is 2.51. The molecule has 16 heteroatoms. The lowest BCUT2D eigenvalue weighted by atomic mass is 9.73. The molecule has 6 atom stereocenters. The summed E-state index contributed by atoms with van der Waals surface area (Å²) in [7, 11) is -2.36. The summed E-state index contributed by atoms with van der Waals surface area (Å²) in [5.74, 6) is -1.50. The molecule has 3 N–H and O–H groups in total. The summed E-state index contributed by atoms with van der Waals surface area (Å²) in [5, 5.41) is 5.05. The lowest BCUT2D eigenvalue weighted by molar-refractivity contribution is -0.143. The van der Waals surface area contributed by atoms with Crippen LogP contribution in [0.1, 0.15) is 103 Å². The second-order valence-corrected chi connectivity index (χ2v) is 18.3. The summed E-state index contributed by atoms with van der Waals surface area (Å²) in [4.78, 5) is 67.6. The van der Waals surface area contributed by atoms with Gasteiger partial charge in [0.25, 0.3) is 5.91 Å². The molecule has 15 nitrogen and oxygen atoms in total. The number of benzene rings is 1. The van der Waals surface area contributed by atoms with E-state index < -0.39 is 62.6 Å².